The lowest BCUT2D eigenvalue weighted by Gasteiger charge is -2.19. The number of alkyl halides is 2. The number of nitrogens with one attached hydrogen (secondary N) is 1. The molecular weight excluding hydrogens is 320 g/mol. The normalized spacial score (nSPS) is 10.9. The van der Waals surface area contributed by atoms with Crippen LogP contribution in [0.25, 0.3) is 0 Å². The topological polar surface area (TPSA) is 71.0 Å². The van der Waals surface area contributed by atoms with Gasteiger partial charge in [-0.25, -0.2) is 18.6 Å². The summed E-state index contributed by atoms with van der Waals surface area (Å²) >= 11 is 2.20. The molecule has 6 nitrogen and oxygen atoms in total. The first-order valence-electron chi connectivity index (χ1n) is 6.16. The summed E-state index contributed by atoms with van der Waals surface area (Å²) in [6.45, 7) is 2.83. The number of urea groups is 1. The van der Waals surface area contributed by atoms with E-state index >= 15 is 0 Å². The zero-order chi connectivity index (χ0) is 15.2. The van der Waals surface area contributed by atoms with Crippen molar-refractivity contribution in [1.82, 2.24) is 20.1 Å². The molecule has 0 fully saturated rings. The van der Waals surface area contributed by atoms with Gasteiger partial charge in [0.05, 0.1) is 5.01 Å². The maximum atomic E-state index is 12.4. The fourth-order valence-corrected chi connectivity index (χ4v) is 2.75. The van der Waals surface area contributed by atoms with Gasteiger partial charge in [-0.3, -0.25) is 5.32 Å². The van der Waals surface area contributed by atoms with Crippen molar-refractivity contribution in [3.63, 3.8) is 0 Å². The first kappa shape index (κ1) is 15.7. The van der Waals surface area contributed by atoms with Gasteiger partial charge in [-0.15, -0.1) is 21.5 Å². The van der Waals surface area contributed by atoms with E-state index in [0.717, 1.165) is 5.01 Å². The molecule has 0 saturated carbocycles. The minimum absolute atomic E-state index is 0.0722. The molecule has 2 amide bonds. The third-order valence-electron chi connectivity index (χ3n) is 2.59. The summed E-state index contributed by atoms with van der Waals surface area (Å²) in [5.74, 6) is 0. The number of amides is 2. The lowest BCUT2D eigenvalue weighted by Crippen LogP contribution is -2.36. The van der Waals surface area contributed by atoms with E-state index in [0.29, 0.717) is 30.8 Å². The minimum atomic E-state index is -2.68. The summed E-state index contributed by atoms with van der Waals surface area (Å²) in [6, 6.07) is -0.383. The molecule has 0 aliphatic rings. The molecule has 0 atom stereocenters. The van der Waals surface area contributed by atoms with Gasteiger partial charge < -0.3 is 4.90 Å². The Morgan fingerprint density at radius 3 is 2.86 bits per heavy atom. The van der Waals surface area contributed by atoms with Gasteiger partial charge in [0.25, 0.3) is 6.43 Å². The van der Waals surface area contributed by atoms with Gasteiger partial charge in [0.2, 0.25) is 5.13 Å². The van der Waals surface area contributed by atoms with E-state index in [2.05, 4.69) is 20.5 Å². The summed E-state index contributed by atoms with van der Waals surface area (Å²) in [5, 5.41) is 11.8. The number of carbonyl (C=O) groups is 1. The van der Waals surface area contributed by atoms with Crippen LogP contribution in [-0.2, 0) is 6.42 Å². The molecule has 1 N–H and O–H groups in total. The molecular formula is C11H13F2N5OS2. The summed E-state index contributed by atoms with van der Waals surface area (Å²) in [5.41, 5.74) is 0. The van der Waals surface area contributed by atoms with Crippen LogP contribution >= 0.6 is 22.7 Å². The zero-order valence-corrected chi connectivity index (χ0v) is 12.8. The molecule has 0 saturated heterocycles. The molecule has 21 heavy (non-hydrogen) atoms. The molecule has 0 aromatic carbocycles. The molecule has 2 aromatic rings. The van der Waals surface area contributed by atoms with E-state index in [1.807, 2.05) is 12.3 Å². The molecule has 2 aromatic heterocycles. The van der Waals surface area contributed by atoms with Crippen LogP contribution < -0.4 is 5.32 Å². The summed E-state index contributed by atoms with van der Waals surface area (Å²) in [4.78, 5) is 17.7. The van der Waals surface area contributed by atoms with Gasteiger partial charge in [0.1, 0.15) is 0 Å². The summed E-state index contributed by atoms with van der Waals surface area (Å²) in [7, 11) is 0. The number of thiazole rings is 1. The number of likely N-dealkylation sites (N-methyl/N-ethyl adjacent to an activating group) is 1. The molecule has 0 aliphatic heterocycles. The quantitative estimate of drug-likeness (QED) is 0.882. The maximum Gasteiger partial charge on any atom is 0.323 e. The number of nitrogens with zero attached hydrogens (tertiary/aromatic N) is 4. The van der Waals surface area contributed by atoms with Crippen LogP contribution in [0.3, 0.4) is 0 Å². The Hall–Kier alpha value is -1.68. The summed E-state index contributed by atoms with van der Waals surface area (Å²) in [6.07, 6.45) is -0.318. The van der Waals surface area contributed by atoms with E-state index < -0.39 is 11.4 Å². The Morgan fingerprint density at radius 1 is 1.48 bits per heavy atom. The van der Waals surface area contributed by atoms with E-state index in [9.17, 15) is 13.6 Å². The lowest BCUT2D eigenvalue weighted by atomic mass is 10.4. The average Bonchev–Trinajstić information content (AvgIpc) is 3.10. The molecule has 0 unspecified atom stereocenters. The molecule has 0 bridgehead atoms. The zero-order valence-electron chi connectivity index (χ0n) is 11.1. The van der Waals surface area contributed by atoms with Crippen molar-refractivity contribution in [3.8, 4) is 0 Å². The van der Waals surface area contributed by atoms with Crippen LogP contribution in [-0.4, -0.2) is 39.2 Å². The highest BCUT2D eigenvalue weighted by atomic mass is 32.1. The second-order valence-corrected chi connectivity index (χ2v) is 5.92. The number of anilines is 1. The first-order valence-corrected chi connectivity index (χ1v) is 7.85. The Bertz CT molecular complexity index is 575. The molecule has 0 radical (unpaired) electrons. The number of aromatic nitrogens is 3. The van der Waals surface area contributed by atoms with Crippen LogP contribution in [0.2, 0.25) is 0 Å². The Balaban J connectivity index is 1.89. The van der Waals surface area contributed by atoms with Crippen molar-refractivity contribution in [2.24, 2.45) is 0 Å². The van der Waals surface area contributed by atoms with Crippen LogP contribution in [0.1, 0.15) is 23.4 Å². The molecule has 10 heteroatoms. The Morgan fingerprint density at radius 2 is 2.29 bits per heavy atom. The smallest absolute Gasteiger partial charge is 0.323 e. The highest BCUT2D eigenvalue weighted by Crippen LogP contribution is 2.25. The first-order chi connectivity index (χ1) is 10.1. The fourth-order valence-electron chi connectivity index (χ4n) is 1.55. The largest absolute Gasteiger partial charge is 0.324 e. The van der Waals surface area contributed by atoms with Crippen molar-refractivity contribution >= 4 is 33.8 Å². The van der Waals surface area contributed by atoms with Crippen molar-refractivity contribution < 1.29 is 13.6 Å². The van der Waals surface area contributed by atoms with Crippen molar-refractivity contribution in [3.05, 3.63) is 21.6 Å². The number of rotatable bonds is 6. The van der Waals surface area contributed by atoms with Crippen LogP contribution in [0.4, 0.5) is 18.7 Å². The Labute approximate surface area is 127 Å². The van der Waals surface area contributed by atoms with Crippen LogP contribution in [0, 0.1) is 0 Å². The molecule has 2 rings (SSSR count). The lowest BCUT2D eigenvalue weighted by molar-refractivity contribution is 0.150. The van der Waals surface area contributed by atoms with Gasteiger partial charge in [0, 0.05) is 31.1 Å². The van der Waals surface area contributed by atoms with Crippen LogP contribution in [0.15, 0.2) is 11.6 Å². The van der Waals surface area contributed by atoms with Crippen molar-refractivity contribution in [2.75, 3.05) is 18.4 Å². The van der Waals surface area contributed by atoms with Crippen molar-refractivity contribution in [2.45, 2.75) is 19.8 Å². The van der Waals surface area contributed by atoms with E-state index in [1.54, 1.807) is 11.1 Å². The number of hydrogen-bond acceptors (Lipinski definition) is 6. The van der Waals surface area contributed by atoms with Gasteiger partial charge in [-0.2, -0.15) is 0 Å². The highest BCUT2D eigenvalue weighted by Gasteiger charge is 2.17. The molecule has 2 heterocycles. The fraction of sp³-hybridized carbons (Fsp3) is 0.455. The highest BCUT2D eigenvalue weighted by molar-refractivity contribution is 7.15. The van der Waals surface area contributed by atoms with E-state index in [1.165, 1.54) is 11.3 Å². The second kappa shape index (κ2) is 7.36. The van der Waals surface area contributed by atoms with Crippen LogP contribution in [0.5, 0.6) is 0 Å². The predicted octanol–water partition coefficient (Wildman–Crippen LogP) is 3.03. The van der Waals surface area contributed by atoms with Gasteiger partial charge in [-0.05, 0) is 6.92 Å². The molecule has 114 valence electrons. The Kier molecular flexibility index (Phi) is 5.51. The number of halogens is 2. The monoisotopic (exact) mass is 333 g/mol. The average molecular weight is 333 g/mol. The third-order valence-corrected chi connectivity index (χ3v) is 4.27. The predicted molar refractivity (Wildman–Crippen MR) is 76.9 cm³/mol. The second-order valence-electron chi connectivity index (χ2n) is 3.93. The van der Waals surface area contributed by atoms with E-state index in [-0.39, 0.29) is 11.2 Å². The third kappa shape index (κ3) is 4.39. The minimum Gasteiger partial charge on any atom is -0.324 e. The maximum absolute atomic E-state index is 12.4. The number of carbonyl (C=O) groups excluding carboxylic acids is 1. The van der Waals surface area contributed by atoms with E-state index in [4.69, 9.17) is 0 Å². The van der Waals surface area contributed by atoms with Gasteiger partial charge in [0.15, 0.2) is 5.01 Å². The SMILES string of the molecule is CCN(CCc1nccs1)C(=O)Nc1nnc(C(F)F)s1. The standard InChI is InChI=1S/C11H13F2N5OS2/c1-2-18(5-3-7-14-4-6-20-7)11(19)15-10-17-16-9(21-10)8(12)13/h4,6,8H,2-3,5H2,1H3,(H,15,17,19). The number of hydrogen-bond donors (Lipinski definition) is 1. The summed E-state index contributed by atoms with van der Waals surface area (Å²) < 4.78 is 24.8. The van der Waals surface area contributed by atoms with Gasteiger partial charge >= 0.3 is 6.03 Å². The molecule has 0 aliphatic carbocycles. The van der Waals surface area contributed by atoms with Crippen molar-refractivity contribution in [1.29, 1.82) is 0 Å². The molecule has 0 spiro atoms. The van der Waals surface area contributed by atoms with Gasteiger partial charge in [-0.1, -0.05) is 11.3 Å².